The van der Waals surface area contributed by atoms with Crippen molar-refractivity contribution in [1.29, 1.82) is 0 Å². The number of benzene rings is 2. The molecule has 0 atom stereocenters. The fourth-order valence-electron chi connectivity index (χ4n) is 2.81. The van der Waals surface area contributed by atoms with E-state index in [2.05, 4.69) is 12.1 Å². The Bertz CT molecular complexity index is 826. The molecule has 0 bridgehead atoms. The standard InChI is InChI=1S/C22H21ClO2S/c23-19-10-7-17(8-11-19)5-2-1-3-13-25-21-12-9-18(16-24)15-20(21)22-6-4-14-26-22/h4,6-12,14-16H,1-3,5,13H2. The Labute approximate surface area is 163 Å². The van der Waals surface area contributed by atoms with Crippen molar-refractivity contribution in [3.8, 4) is 16.2 Å². The molecule has 0 N–H and O–H groups in total. The van der Waals surface area contributed by atoms with Crippen molar-refractivity contribution in [2.75, 3.05) is 6.61 Å². The summed E-state index contributed by atoms with van der Waals surface area (Å²) in [6.45, 7) is 0.680. The number of aldehydes is 1. The van der Waals surface area contributed by atoms with Crippen LogP contribution in [0.4, 0.5) is 0 Å². The number of ether oxygens (including phenoxy) is 1. The van der Waals surface area contributed by atoms with E-state index in [0.29, 0.717) is 12.2 Å². The highest BCUT2D eigenvalue weighted by molar-refractivity contribution is 7.13. The Morgan fingerprint density at radius 2 is 1.85 bits per heavy atom. The van der Waals surface area contributed by atoms with Crippen LogP contribution in [0, 0.1) is 0 Å². The average molecular weight is 385 g/mol. The fourth-order valence-corrected chi connectivity index (χ4v) is 3.69. The van der Waals surface area contributed by atoms with Crippen LogP contribution >= 0.6 is 22.9 Å². The van der Waals surface area contributed by atoms with Gasteiger partial charge in [-0.3, -0.25) is 4.79 Å². The summed E-state index contributed by atoms with van der Waals surface area (Å²) < 4.78 is 6.00. The SMILES string of the molecule is O=Cc1ccc(OCCCCCc2ccc(Cl)cc2)c(-c2cccs2)c1. The van der Waals surface area contributed by atoms with Gasteiger partial charge in [0.1, 0.15) is 12.0 Å². The maximum atomic E-state index is 11.1. The van der Waals surface area contributed by atoms with Gasteiger partial charge in [-0.2, -0.15) is 0 Å². The smallest absolute Gasteiger partial charge is 0.150 e. The van der Waals surface area contributed by atoms with Crippen molar-refractivity contribution in [2.45, 2.75) is 25.7 Å². The van der Waals surface area contributed by atoms with Crippen LogP contribution in [0.15, 0.2) is 60.0 Å². The predicted molar refractivity (Wildman–Crippen MR) is 110 cm³/mol. The lowest BCUT2D eigenvalue weighted by Gasteiger charge is -2.11. The van der Waals surface area contributed by atoms with Crippen molar-refractivity contribution in [3.63, 3.8) is 0 Å². The quantitative estimate of drug-likeness (QED) is 0.304. The zero-order valence-electron chi connectivity index (χ0n) is 14.5. The van der Waals surface area contributed by atoms with Gasteiger partial charge < -0.3 is 4.74 Å². The second-order valence-electron chi connectivity index (χ2n) is 6.14. The summed E-state index contributed by atoms with van der Waals surface area (Å²) in [5.41, 5.74) is 2.98. The van der Waals surface area contributed by atoms with Gasteiger partial charge in [-0.25, -0.2) is 0 Å². The number of carbonyl (C=O) groups excluding carboxylic acids is 1. The fraction of sp³-hybridized carbons (Fsp3) is 0.227. The average Bonchev–Trinajstić information content (AvgIpc) is 3.20. The molecule has 0 aliphatic rings. The highest BCUT2D eigenvalue weighted by Crippen LogP contribution is 2.34. The first-order chi connectivity index (χ1) is 12.8. The van der Waals surface area contributed by atoms with Crippen LogP contribution in [0.5, 0.6) is 5.75 Å². The summed E-state index contributed by atoms with van der Waals surface area (Å²) >= 11 is 7.56. The molecule has 3 aromatic rings. The van der Waals surface area contributed by atoms with Crippen LogP contribution in [-0.2, 0) is 6.42 Å². The van der Waals surface area contributed by atoms with Crippen molar-refractivity contribution in [3.05, 3.63) is 76.1 Å². The van der Waals surface area contributed by atoms with E-state index in [0.717, 1.165) is 53.2 Å². The van der Waals surface area contributed by atoms with Gasteiger partial charge in [0.2, 0.25) is 0 Å². The molecule has 0 saturated heterocycles. The van der Waals surface area contributed by atoms with Crippen molar-refractivity contribution in [2.24, 2.45) is 0 Å². The lowest BCUT2D eigenvalue weighted by atomic mass is 10.1. The maximum Gasteiger partial charge on any atom is 0.150 e. The number of rotatable bonds is 9. The first-order valence-corrected chi connectivity index (χ1v) is 10.0. The molecule has 0 aliphatic heterocycles. The predicted octanol–water partition coefficient (Wildman–Crippen LogP) is 6.67. The number of thiophene rings is 1. The zero-order valence-corrected chi connectivity index (χ0v) is 16.1. The second-order valence-corrected chi connectivity index (χ2v) is 7.52. The number of aryl methyl sites for hydroxylation is 1. The maximum absolute atomic E-state index is 11.1. The molecule has 2 nitrogen and oxygen atoms in total. The Kier molecular flexibility index (Phi) is 6.87. The van der Waals surface area contributed by atoms with Crippen LogP contribution in [0.1, 0.15) is 35.2 Å². The Balaban J connectivity index is 1.49. The summed E-state index contributed by atoms with van der Waals surface area (Å²) in [5, 5.41) is 2.81. The van der Waals surface area contributed by atoms with E-state index in [1.54, 1.807) is 17.4 Å². The van der Waals surface area contributed by atoms with E-state index in [1.807, 2.05) is 41.8 Å². The molecule has 1 aromatic heterocycles. The largest absolute Gasteiger partial charge is 0.493 e. The molecule has 0 spiro atoms. The minimum absolute atomic E-state index is 0.670. The van der Waals surface area contributed by atoms with Crippen LogP contribution in [0.3, 0.4) is 0 Å². The number of hydrogen-bond acceptors (Lipinski definition) is 3. The molecule has 26 heavy (non-hydrogen) atoms. The minimum atomic E-state index is 0.670. The van der Waals surface area contributed by atoms with Crippen molar-refractivity contribution in [1.82, 2.24) is 0 Å². The molecule has 1 heterocycles. The molecule has 0 unspecified atom stereocenters. The topological polar surface area (TPSA) is 26.3 Å². The molecule has 4 heteroatoms. The van der Waals surface area contributed by atoms with Gasteiger partial charge in [-0.15, -0.1) is 11.3 Å². The third-order valence-electron chi connectivity index (χ3n) is 4.21. The molecule has 0 saturated carbocycles. The van der Waals surface area contributed by atoms with E-state index in [-0.39, 0.29) is 0 Å². The van der Waals surface area contributed by atoms with Gasteiger partial charge in [0, 0.05) is 21.0 Å². The molecule has 0 amide bonds. The molecule has 2 aromatic carbocycles. The third kappa shape index (κ3) is 5.20. The van der Waals surface area contributed by atoms with Gasteiger partial charge in [0.05, 0.1) is 6.61 Å². The highest BCUT2D eigenvalue weighted by atomic mass is 35.5. The lowest BCUT2D eigenvalue weighted by Crippen LogP contribution is -1.99. The van der Waals surface area contributed by atoms with Gasteiger partial charge in [-0.05, 0) is 73.0 Å². The van der Waals surface area contributed by atoms with E-state index in [1.165, 1.54) is 5.56 Å². The normalized spacial score (nSPS) is 10.7. The zero-order chi connectivity index (χ0) is 18.2. The van der Waals surface area contributed by atoms with Crippen molar-refractivity contribution >= 4 is 29.2 Å². The number of unbranched alkanes of at least 4 members (excludes halogenated alkanes) is 2. The highest BCUT2D eigenvalue weighted by Gasteiger charge is 2.09. The molecule has 3 rings (SSSR count). The van der Waals surface area contributed by atoms with Crippen LogP contribution in [0.2, 0.25) is 5.02 Å². The van der Waals surface area contributed by atoms with Gasteiger partial charge in [0.15, 0.2) is 0 Å². The van der Waals surface area contributed by atoms with E-state index >= 15 is 0 Å². The van der Waals surface area contributed by atoms with Crippen LogP contribution < -0.4 is 4.74 Å². The minimum Gasteiger partial charge on any atom is -0.493 e. The Morgan fingerprint density at radius 3 is 2.58 bits per heavy atom. The summed E-state index contributed by atoms with van der Waals surface area (Å²) in [6, 6.07) is 17.7. The Morgan fingerprint density at radius 1 is 1.00 bits per heavy atom. The summed E-state index contributed by atoms with van der Waals surface area (Å²) in [6.07, 6.45) is 5.19. The number of halogens is 1. The van der Waals surface area contributed by atoms with E-state index < -0.39 is 0 Å². The lowest BCUT2D eigenvalue weighted by molar-refractivity contribution is 0.112. The number of hydrogen-bond donors (Lipinski definition) is 0. The first kappa shape index (κ1) is 18.7. The van der Waals surface area contributed by atoms with E-state index in [4.69, 9.17) is 16.3 Å². The van der Waals surface area contributed by atoms with Crippen LogP contribution in [-0.4, -0.2) is 12.9 Å². The molecular weight excluding hydrogens is 364 g/mol. The van der Waals surface area contributed by atoms with Gasteiger partial charge >= 0.3 is 0 Å². The third-order valence-corrected chi connectivity index (χ3v) is 5.36. The second kappa shape index (κ2) is 9.56. The molecule has 0 fully saturated rings. The number of carbonyl (C=O) groups is 1. The molecule has 134 valence electrons. The monoisotopic (exact) mass is 384 g/mol. The first-order valence-electron chi connectivity index (χ1n) is 8.76. The molecule has 0 aliphatic carbocycles. The Hall–Kier alpha value is -2.10. The molecule has 0 radical (unpaired) electrons. The van der Waals surface area contributed by atoms with Gasteiger partial charge in [0.25, 0.3) is 0 Å². The van der Waals surface area contributed by atoms with Crippen molar-refractivity contribution < 1.29 is 9.53 Å². The summed E-state index contributed by atoms with van der Waals surface area (Å²) in [4.78, 5) is 12.2. The molecular formula is C22H21ClO2S. The summed E-state index contributed by atoms with van der Waals surface area (Å²) in [5.74, 6) is 0.843. The van der Waals surface area contributed by atoms with Crippen LogP contribution in [0.25, 0.3) is 10.4 Å². The van der Waals surface area contributed by atoms with Gasteiger partial charge in [-0.1, -0.05) is 29.8 Å². The summed E-state index contributed by atoms with van der Waals surface area (Å²) in [7, 11) is 0. The van der Waals surface area contributed by atoms with E-state index in [9.17, 15) is 4.79 Å².